The van der Waals surface area contributed by atoms with Crippen molar-refractivity contribution >= 4 is 22.4 Å². The summed E-state index contributed by atoms with van der Waals surface area (Å²) in [6, 6.07) is 3.51. The van der Waals surface area contributed by atoms with Gasteiger partial charge in [0.1, 0.15) is 5.56 Å². The third kappa shape index (κ3) is 2.89. The number of piperazine rings is 1. The fourth-order valence-corrected chi connectivity index (χ4v) is 3.33. The summed E-state index contributed by atoms with van der Waals surface area (Å²) in [4.78, 5) is 25.3. The highest BCUT2D eigenvalue weighted by Gasteiger charge is 2.25. The predicted molar refractivity (Wildman–Crippen MR) is 85.8 cm³/mol. The van der Waals surface area contributed by atoms with Crippen LogP contribution >= 0.6 is 11.3 Å². The zero-order valence-electron chi connectivity index (χ0n) is 12.7. The zero-order valence-corrected chi connectivity index (χ0v) is 13.5. The highest BCUT2D eigenvalue weighted by molar-refractivity contribution is 7.13. The normalized spacial score (nSPS) is 15.0. The summed E-state index contributed by atoms with van der Waals surface area (Å²) in [5.41, 5.74) is 1.56. The SMILES string of the molecule is COc1ncccc1C(=O)N1CCN(c2nc(C)cs2)CC1. The lowest BCUT2D eigenvalue weighted by atomic mass is 10.2. The number of nitrogens with zero attached hydrogens (tertiary/aromatic N) is 4. The molecule has 3 rings (SSSR count). The van der Waals surface area contributed by atoms with E-state index in [1.165, 1.54) is 7.11 Å². The van der Waals surface area contributed by atoms with Gasteiger partial charge in [-0.25, -0.2) is 9.97 Å². The van der Waals surface area contributed by atoms with E-state index in [1.54, 1.807) is 29.7 Å². The van der Waals surface area contributed by atoms with Crippen molar-refractivity contribution in [1.82, 2.24) is 14.9 Å². The third-order valence-corrected chi connectivity index (χ3v) is 4.66. The number of anilines is 1. The summed E-state index contributed by atoms with van der Waals surface area (Å²) in [6.07, 6.45) is 1.62. The predicted octanol–water partition coefficient (Wildman–Crippen LogP) is 1.82. The van der Waals surface area contributed by atoms with Crippen LogP contribution in [-0.4, -0.2) is 54.1 Å². The van der Waals surface area contributed by atoms with Crippen molar-refractivity contribution in [1.29, 1.82) is 0 Å². The first-order chi connectivity index (χ1) is 10.7. The number of amides is 1. The number of carbonyl (C=O) groups is 1. The van der Waals surface area contributed by atoms with E-state index < -0.39 is 0 Å². The van der Waals surface area contributed by atoms with Gasteiger partial charge in [0.15, 0.2) is 5.13 Å². The summed E-state index contributed by atoms with van der Waals surface area (Å²) in [7, 11) is 1.53. The Kier molecular flexibility index (Phi) is 4.24. The second-order valence-corrected chi connectivity index (χ2v) is 5.95. The maximum Gasteiger partial charge on any atom is 0.259 e. The maximum absolute atomic E-state index is 12.6. The van der Waals surface area contributed by atoms with Gasteiger partial charge in [0, 0.05) is 37.8 Å². The topological polar surface area (TPSA) is 58.6 Å². The number of rotatable bonds is 3. The first-order valence-electron chi connectivity index (χ1n) is 7.14. The van der Waals surface area contributed by atoms with Crippen molar-refractivity contribution in [2.24, 2.45) is 0 Å². The van der Waals surface area contributed by atoms with E-state index in [-0.39, 0.29) is 5.91 Å². The molecular weight excluding hydrogens is 300 g/mol. The molecule has 3 heterocycles. The molecule has 0 aromatic carbocycles. The molecule has 7 heteroatoms. The minimum atomic E-state index is -0.0279. The highest BCUT2D eigenvalue weighted by atomic mass is 32.1. The van der Waals surface area contributed by atoms with Crippen molar-refractivity contribution in [3.63, 3.8) is 0 Å². The molecule has 0 bridgehead atoms. The van der Waals surface area contributed by atoms with Gasteiger partial charge in [-0.1, -0.05) is 0 Å². The molecule has 1 amide bonds. The van der Waals surface area contributed by atoms with Gasteiger partial charge in [-0.15, -0.1) is 11.3 Å². The largest absolute Gasteiger partial charge is 0.480 e. The van der Waals surface area contributed by atoms with Crippen molar-refractivity contribution in [3.8, 4) is 5.88 Å². The first-order valence-corrected chi connectivity index (χ1v) is 8.02. The smallest absolute Gasteiger partial charge is 0.259 e. The molecule has 116 valence electrons. The van der Waals surface area contributed by atoms with Crippen molar-refractivity contribution < 1.29 is 9.53 Å². The molecule has 1 aliphatic heterocycles. The van der Waals surface area contributed by atoms with Gasteiger partial charge in [0.05, 0.1) is 12.8 Å². The van der Waals surface area contributed by atoms with Gasteiger partial charge in [0.25, 0.3) is 5.91 Å². The second kappa shape index (κ2) is 6.31. The number of methoxy groups -OCH3 is 1. The van der Waals surface area contributed by atoms with Crippen LogP contribution < -0.4 is 9.64 Å². The molecule has 0 unspecified atom stereocenters. The Morgan fingerprint density at radius 3 is 2.73 bits per heavy atom. The number of thiazole rings is 1. The molecule has 0 saturated carbocycles. The number of hydrogen-bond acceptors (Lipinski definition) is 6. The van der Waals surface area contributed by atoms with Crippen molar-refractivity contribution in [2.75, 3.05) is 38.2 Å². The monoisotopic (exact) mass is 318 g/mol. The Balaban J connectivity index is 1.67. The second-order valence-electron chi connectivity index (χ2n) is 5.11. The van der Waals surface area contributed by atoms with Crippen LogP contribution in [0.25, 0.3) is 0 Å². The number of pyridine rings is 1. The number of aromatic nitrogens is 2. The van der Waals surface area contributed by atoms with Crippen LogP contribution in [0.15, 0.2) is 23.7 Å². The van der Waals surface area contributed by atoms with E-state index in [2.05, 4.69) is 14.9 Å². The Bertz CT molecular complexity index is 665. The van der Waals surface area contributed by atoms with Crippen LogP contribution in [0.1, 0.15) is 16.1 Å². The maximum atomic E-state index is 12.6. The summed E-state index contributed by atoms with van der Waals surface area (Å²) in [6.45, 7) is 4.93. The number of hydrogen-bond donors (Lipinski definition) is 0. The van der Waals surface area contributed by atoms with Crippen LogP contribution in [0, 0.1) is 6.92 Å². The number of ether oxygens (including phenoxy) is 1. The Morgan fingerprint density at radius 2 is 2.09 bits per heavy atom. The molecule has 0 atom stereocenters. The van der Waals surface area contributed by atoms with Crippen LogP contribution in [-0.2, 0) is 0 Å². The average Bonchev–Trinajstić information content (AvgIpc) is 3.01. The molecule has 6 nitrogen and oxygen atoms in total. The highest BCUT2D eigenvalue weighted by Crippen LogP contribution is 2.23. The molecule has 1 fully saturated rings. The lowest BCUT2D eigenvalue weighted by Crippen LogP contribution is -2.48. The molecule has 0 N–H and O–H groups in total. The zero-order chi connectivity index (χ0) is 15.5. The van der Waals surface area contributed by atoms with E-state index in [9.17, 15) is 4.79 Å². The van der Waals surface area contributed by atoms with Gasteiger partial charge in [-0.05, 0) is 19.1 Å². The summed E-state index contributed by atoms with van der Waals surface area (Å²) in [5, 5.41) is 3.08. The molecule has 1 aliphatic rings. The van der Waals surface area contributed by atoms with Crippen LogP contribution in [0.5, 0.6) is 5.88 Å². The molecule has 2 aromatic rings. The third-order valence-electron chi connectivity index (χ3n) is 3.64. The van der Waals surface area contributed by atoms with Gasteiger partial charge in [0.2, 0.25) is 5.88 Å². The minimum absolute atomic E-state index is 0.0279. The Hall–Kier alpha value is -2.15. The van der Waals surface area contributed by atoms with E-state index >= 15 is 0 Å². The summed E-state index contributed by atoms with van der Waals surface area (Å²) in [5.74, 6) is 0.352. The molecule has 22 heavy (non-hydrogen) atoms. The summed E-state index contributed by atoms with van der Waals surface area (Å²) < 4.78 is 5.17. The van der Waals surface area contributed by atoms with Crippen LogP contribution in [0.3, 0.4) is 0 Å². The molecule has 0 radical (unpaired) electrons. The number of aryl methyl sites for hydroxylation is 1. The first kappa shape index (κ1) is 14.8. The molecule has 1 saturated heterocycles. The molecular formula is C15H18N4O2S. The lowest BCUT2D eigenvalue weighted by Gasteiger charge is -2.34. The van der Waals surface area contributed by atoms with Gasteiger partial charge in [-0.3, -0.25) is 4.79 Å². The standard InChI is InChI=1S/C15H18N4O2S/c1-11-10-22-15(17-11)19-8-6-18(7-9-19)14(20)12-4-3-5-16-13(12)21-2/h3-5,10H,6-9H2,1-2H3. The van der Waals surface area contributed by atoms with Crippen LogP contribution in [0.4, 0.5) is 5.13 Å². The number of carbonyl (C=O) groups excluding carboxylic acids is 1. The van der Waals surface area contributed by atoms with Crippen LogP contribution in [0.2, 0.25) is 0 Å². The van der Waals surface area contributed by atoms with Gasteiger partial charge < -0.3 is 14.5 Å². The van der Waals surface area contributed by atoms with Crippen molar-refractivity contribution in [3.05, 3.63) is 35.0 Å². The fraction of sp³-hybridized carbons (Fsp3) is 0.400. The van der Waals surface area contributed by atoms with E-state index in [1.807, 2.05) is 17.2 Å². The van der Waals surface area contributed by atoms with Gasteiger partial charge >= 0.3 is 0 Å². The van der Waals surface area contributed by atoms with Crippen molar-refractivity contribution in [2.45, 2.75) is 6.92 Å². The van der Waals surface area contributed by atoms with E-state index in [0.29, 0.717) is 24.5 Å². The average molecular weight is 318 g/mol. The lowest BCUT2D eigenvalue weighted by molar-refractivity contribution is 0.0742. The Labute approximate surface area is 133 Å². The molecule has 0 spiro atoms. The van der Waals surface area contributed by atoms with E-state index in [0.717, 1.165) is 23.9 Å². The van der Waals surface area contributed by atoms with Gasteiger partial charge in [-0.2, -0.15) is 0 Å². The fourth-order valence-electron chi connectivity index (χ4n) is 2.47. The molecule has 2 aromatic heterocycles. The summed E-state index contributed by atoms with van der Waals surface area (Å²) >= 11 is 1.65. The van der Waals surface area contributed by atoms with E-state index in [4.69, 9.17) is 4.74 Å². The quantitative estimate of drug-likeness (QED) is 0.864. The minimum Gasteiger partial charge on any atom is -0.480 e. The molecule has 0 aliphatic carbocycles. The Morgan fingerprint density at radius 1 is 1.32 bits per heavy atom.